The Morgan fingerprint density at radius 2 is 1.93 bits per heavy atom. The molecule has 0 aliphatic rings. The summed E-state index contributed by atoms with van der Waals surface area (Å²) in [6, 6.07) is 13.1. The van der Waals surface area contributed by atoms with Crippen molar-refractivity contribution < 1.29 is 23.5 Å². The summed E-state index contributed by atoms with van der Waals surface area (Å²) >= 11 is 0. The molecule has 0 aliphatic carbocycles. The molecule has 0 saturated heterocycles. The van der Waals surface area contributed by atoms with Crippen LogP contribution in [-0.4, -0.2) is 44.0 Å². The van der Waals surface area contributed by atoms with E-state index in [1.54, 1.807) is 50.6 Å². The molecule has 0 atom stereocenters. The highest BCUT2D eigenvalue weighted by Gasteiger charge is 2.13. The van der Waals surface area contributed by atoms with Crippen LogP contribution in [0.1, 0.15) is 12.8 Å². The van der Waals surface area contributed by atoms with E-state index in [4.69, 9.17) is 9.47 Å². The number of para-hydroxylation sites is 1. The number of anilines is 1. The lowest BCUT2D eigenvalue weighted by Gasteiger charge is -2.17. The zero-order chi connectivity index (χ0) is 19.6. The molecule has 0 radical (unpaired) electrons. The number of rotatable bonds is 9. The van der Waals surface area contributed by atoms with Crippen LogP contribution in [-0.2, 0) is 9.59 Å². The molecule has 144 valence electrons. The van der Waals surface area contributed by atoms with Gasteiger partial charge in [-0.1, -0.05) is 18.2 Å². The van der Waals surface area contributed by atoms with Crippen LogP contribution in [0.5, 0.6) is 11.5 Å². The first-order chi connectivity index (χ1) is 13.0. The minimum atomic E-state index is -0.435. The molecule has 0 spiro atoms. The molecular formula is C20H23FN2O4. The van der Waals surface area contributed by atoms with E-state index in [9.17, 15) is 14.0 Å². The summed E-state index contributed by atoms with van der Waals surface area (Å²) < 4.78 is 23.8. The molecule has 0 aliphatic heterocycles. The summed E-state index contributed by atoms with van der Waals surface area (Å²) in [4.78, 5) is 25.5. The monoisotopic (exact) mass is 374 g/mol. The van der Waals surface area contributed by atoms with Crippen LogP contribution in [0.2, 0.25) is 0 Å². The maximum absolute atomic E-state index is 13.4. The number of halogens is 1. The molecule has 0 saturated carbocycles. The van der Waals surface area contributed by atoms with Crippen LogP contribution in [0, 0.1) is 5.82 Å². The van der Waals surface area contributed by atoms with Gasteiger partial charge >= 0.3 is 0 Å². The number of hydrogen-bond acceptors (Lipinski definition) is 4. The Bertz CT molecular complexity index is 782. The highest BCUT2D eigenvalue weighted by atomic mass is 19.1. The van der Waals surface area contributed by atoms with Gasteiger partial charge in [-0.15, -0.1) is 0 Å². The smallest absolute Gasteiger partial charge is 0.243 e. The lowest BCUT2D eigenvalue weighted by atomic mass is 10.2. The molecule has 1 N–H and O–H groups in total. The number of benzene rings is 2. The standard InChI is InChI=1S/C20H23FN2O4/c1-23(14-19(24)22-15-7-5-8-16(13-15)26-2)20(25)11-6-12-27-18-10-4-3-9-17(18)21/h3-5,7-10,13H,6,11-12,14H2,1-2H3,(H,22,24). The van der Waals surface area contributed by atoms with Gasteiger partial charge in [0.25, 0.3) is 0 Å². The Morgan fingerprint density at radius 1 is 1.15 bits per heavy atom. The lowest BCUT2D eigenvalue weighted by molar-refractivity contribution is -0.133. The second-order valence-corrected chi connectivity index (χ2v) is 5.91. The second-order valence-electron chi connectivity index (χ2n) is 5.91. The summed E-state index contributed by atoms with van der Waals surface area (Å²) in [6.45, 7) is 0.154. The Balaban J connectivity index is 1.71. The average molecular weight is 374 g/mol. The van der Waals surface area contributed by atoms with Crippen molar-refractivity contribution in [3.63, 3.8) is 0 Å². The van der Waals surface area contributed by atoms with Crippen molar-refractivity contribution in [1.82, 2.24) is 4.90 Å². The maximum Gasteiger partial charge on any atom is 0.243 e. The predicted molar refractivity (Wildman–Crippen MR) is 100 cm³/mol. The number of amides is 2. The predicted octanol–water partition coefficient (Wildman–Crippen LogP) is 3.09. The summed E-state index contributed by atoms with van der Waals surface area (Å²) in [7, 11) is 3.11. The first-order valence-corrected chi connectivity index (χ1v) is 8.55. The molecule has 0 fully saturated rings. The van der Waals surface area contributed by atoms with Crippen molar-refractivity contribution in [2.75, 3.05) is 32.6 Å². The van der Waals surface area contributed by atoms with Crippen LogP contribution >= 0.6 is 0 Å². The summed E-state index contributed by atoms with van der Waals surface area (Å²) in [5.74, 6) is -0.132. The Morgan fingerprint density at radius 3 is 2.67 bits per heavy atom. The molecule has 2 aromatic rings. The van der Waals surface area contributed by atoms with Crippen LogP contribution in [0.25, 0.3) is 0 Å². The molecule has 0 bridgehead atoms. The largest absolute Gasteiger partial charge is 0.497 e. The maximum atomic E-state index is 13.4. The van der Waals surface area contributed by atoms with E-state index in [0.717, 1.165) is 0 Å². The quantitative estimate of drug-likeness (QED) is 0.685. The third-order valence-corrected chi connectivity index (χ3v) is 3.79. The minimum absolute atomic E-state index is 0.0653. The van der Waals surface area contributed by atoms with Crippen molar-refractivity contribution in [2.45, 2.75) is 12.8 Å². The number of nitrogens with one attached hydrogen (secondary N) is 1. The van der Waals surface area contributed by atoms with Gasteiger partial charge in [0.2, 0.25) is 11.8 Å². The third kappa shape index (κ3) is 6.62. The highest BCUT2D eigenvalue weighted by molar-refractivity contribution is 5.94. The number of nitrogens with zero attached hydrogens (tertiary/aromatic N) is 1. The first-order valence-electron chi connectivity index (χ1n) is 8.55. The van der Waals surface area contributed by atoms with E-state index in [-0.39, 0.29) is 37.1 Å². The van der Waals surface area contributed by atoms with E-state index in [0.29, 0.717) is 17.9 Å². The van der Waals surface area contributed by atoms with E-state index < -0.39 is 5.82 Å². The van der Waals surface area contributed by atoms with Crippen LogP contribution in [0.3, 0.4) is 0 Å². The van der Waals surface area contributed by atoms with Crippen LogP contribution < -0.4 is 14.8 Å². The van der Waals surface area contributed by atoms with Crippen molar-refractivity contribution in [2.24, 2.45) is 0 Å². The Labute approximate surface area is 157 Å². The lowest BCUT2D eigenvalue weighted by Crippen LogP contribution is -2.35. The minimum Gasteiger partial charge on any atom is -0.497 e. The van der Waals surface area contributed by atoms with E-state index in [1.807, 2.05) is 0 Å². The second kappa shape index (κ2) is 10.2. The molecule has 27 heavy (non-hydrogen) atoms. The zero-order valence-corrected chi connectivity index (χ0v) is 15.4. The first kappa shape index (κ1) is 20.2. The van der Waals surface area contributed by atoms with Crippen molar-refractivity contribution in [3.05, 3.63) is 54.3 Å². The number of hydrogen-bond donors (Lipinski definition) is 1. The van der Waals surface area contributed by atoms with Crippen molar-refractivity contribution >= 4 is 17.5 Å². The number of carbonyl (C=O) groups excluding carboxylic acids is 2. The zero-order valence-electron chi connectivity index (χ0n) is 15.4. The molecule has 0 aromatic heterocycles. The normalized spacial score (nSPS) is 10.2. The molecule has 2 amide bonds. The molecule has 0 heterocycles. The van der Waals surface area contributed by atoms with Gasteiger partial charge in [0, 0.05) is 25.2 Å². The molecule has 0 unspecified atom stereocenters. The molecular weight excluding hydrogens is 351 g/mol. The van der Waals surface area contributed by atoms with Gasteiger partial charge in [0.05, 0.1) is 20.3 Å². The van der Waals surface area contributed by atoms with Crippen LogP contribution in [0.4, 0.5) is 10.1 Å². The number of carbonyl (C=O) groups is 2. The number of methoxy groups -OCH3 is 1. The topological polar surface area (TPSA) is 67.9 Å². The summed E-state index contributed by atoms with van der Waals surface area (Å²) in [6.07, 6.45) is 0.631. The van der Waals surface area contributed by atoms with Gasteiger partial charge in [-0.05, 0) is 30.7 Å². The fraction of sp³-hybridized carbons (Fsp3) is 0.300. The van der Waals surface area contributed by atoms with Crippen molar-refractivity contribution in [3.8, 4) is 11.5 Å². The van der Waals surface area contributed by atoms with Gasteiger partial charge < -0.3 is 19.7 Å². The van der Waals surface area contributed by atoms with Gasteiger partial charge in [-0.25, -0.2) is 4.39 Å². The molecule has 6 nitrogen and oxygen atoms in total. The van der Waals surface area contributed by atoms with Gasteiger partial charge in [-0.3, -0.25) is 9.59 Å². The van der Waals surface area contributed by atoms with Gasteiger partial charge in [0.15, 0.2) is 11.6 Å². The molecule has 7 heteroatoms. The van der Waals surface area contributed by atoms with Gasteiger partial charge in [0.1, 0.15) is 5.75 Å². The molecule has 2 aromatic carbocycles. The number of likely N-dealkylation sites (N-methyl/N-ethyl adjacent to an activating group) is 1. The van der Waals surface area contributed by atoms with E-state index in [1.165, 1.54) is 17.0 Å². The SMILES string of the molecule is COc1cccc(NC(=O)CN(C)C(=O)CCCOc2ccccc2F)c1. The van der Waals surface area contributed by atoms with E-state index >= 15 is 0 Å². The summed E-state index contributed by atoms with van der Waals surface area (Å²) in [5, 5.41) is 2.72. The van der Waals surface area contributed by atoms with Crippen LogP contribution in [0.15, 0.2) is 48.5 Å². The van der Waals surface area contributed by atoms with Crippen molar-refractivity contribution in [1.29, 1.82) is 0 Å². The Kier molecular flexibility index (Phi) is 7.61. The Hall–Kier alpha value is -3.09. The molecule has 2 rings (SSSR count). The van der Waals surface area contributed by atoms with Gasteiger partial charge in [-0.2, -0.15) is 0 Å². The van der Waals surface area contributed by atoms with E-state index in [2.05, 4.69) is 5.32 Å². The fourth-order valence-corrected chi connectivity index (χ4v) is 2.36. The number of ether oxygens (including phenoxy) is 2. The average Bonchev–Trinajstić information content (AvgIpc) is 2.66. The fourth-order valence-electron chi connectivity index (χ4n) is 2.36. The third-order valence-electron chi connectivity index (χ3n) is 3.79. The summed E-state index contributed by atoms with van der Waals surface area (Å²) in [5.41, 5.74) is 0.596. The highest BCUT2D eigenvalue weighted by Crippen LogP contribution is 2.17.